The van der Waals surface area contributed by atoms with Crippen LogP contribution in [0, 0.1) is 10.4 Å². The minimum Gasteiger partial charge on any atom is -1.00 e. The van der Waals surface area contributed by atoms with Crippen molar-refractivity contribution in [1.82, 2.24) is 0 Å². The number of allylic oxidation sites excluding steroid dienone is 4. The van der Waals surface area contributed by atoms with Gasteiger partial charge < -0.3 is 24.8 Å². The van der Waals surface area contributed by atoms with Gasteiger partial charge in [-0.25, -0.2) is 0 Å². The van der Waals surface area contributed by atoms with Crippen LogP contribution in [-0.4, -0.2) is 0 Å². The van der Waals surface area contributed by atoms with Crippen molar-refractivity contribution in [3.8, 4) is 0 Å². The van der Waals surface area contributed by atoms with Crippen LogP contribution in [0.5, 0.6) is 0 Å². The van der Waals surface area contributed by atoms with Gasteiger partial charge in [0, 0.05) is 10.8 Å². The SMILES string of the molecule is CC(C)(C(=c1c(C2=CC=CC2)c2ccccc2c2c1=c1ccccc1=[C-]2)C(C)(C)c1ccccc1)c1ccccc1.[Cl-].[Cl-].[Zr+3]. The van der Waals surface area contributed by atoms with E-state index in [9.17, 15) is 0 Å². The molecule has 5 aromatic carbocycles. The first-order chi connectivity index (χ1) is 19.9. The third kappa shape index (κ3) is 5.43. The molecule has 0 saturated heterocycles. The van der Waals surface area contributed by atoms with Crippen LogP contribution in [0.1, 0.15) is 56.4 Å². The molecular formula is C41H35Cl2Zr. The van der Waals surface area contributed by atoms with Gasteiger partial charge in [-0.1, -0.05) is 154 Å². The monoisotopic (exact) mass is 687 g/mol. The van der Waals surface area contributed by atoms with E-state index in [1.54, 1.807) is 0 Å². The number of halogens is 2. The molecule has 0 bridgehead atoms. The van der Waals surface area contributed by atoms with Crippen LogP contribution in [0.4, 0.5) is 0 Å². The first-order valence-corrected chi connectivity index (χ1v) is 14.7. The number of benzene rings is 5. The maximum Gasteiger partial charge on any atom is 3.00 e. The molecule has 0 amide bonds. The molecule has 1 radical (unpaired) electrons. The van der Waals surface area contributed by atoms with E-state index >= 15 is 0 Å². The summed E-state index contributed by atoms with van der Waals surface area (Å²) in [6.45, 7) is 9.68. The molecule has 0 heterocycles. The Labute approximate surface area is 292 Å². The molecule has 5 aromatic rings. The molecule has 2 aliphatic carbocycles. The summed E-state index contributed by atoms with van der Waals surface area (Å²) in [6, 6.07) is 39.9. The van der Waals surface area contributed by atoms with Crippen molar-refractivity contribution >= 4 is 28.0 Å². The van der Waals surface area contributed by atoms with E-state index in [4.69, 9.17) is 0 Å². The molecule has 0 atom stereocenters. The summed E-state index contributed by atoms with van der Waals surface area (Å²) in [4.78, 5) is 0. The number of fused-ring (bicyclic) bond motifs is 4. The topological polar surface area (TPSA) is 0 Å². The van der Waals surface area contributed by atoms with Gasteiger partial charge in [-0.3, -0.25) is 0 Å². The third-order valence-corrected chi connectivity index (χ3v) is 9.26. The Morgan fingerprint density at radius 1 is 0.636 bits per heavy atom. The minimum absolute atomic E-state index is 0. The summed E-state index contributed by atoms with van der Waals surface area (Å²) in [7, 11) is 0. The van der Waals surface area contributed by atoms with Crippen LogP contribution in [0.2, 0.25) is 0 Å². The summed E-state index contributed by atoms with van der Waals surface area (Å²) in [5, 5.41) is 7.74. The second kappa shape index (κ2) is 13.2. The zero-order valence-electron chi connectivity index (χ0n) is 25.6. The summed E-state index contributed by atoms with van der Waals surface area (Å²) in [6.07, 6.45) is 11.6. The van der Waals surface area contributed by atoms with Crippen molar-refractivity contribution in [2.24, 2.45) is 0 Å². The van der Waals surface area contributed by atoms with Gasteiger partial charge in [0.15, 0.2) is 0 Å². The summed E-state index contributed by atoms with van der Waals surface area (Å²) < 4.78 is 0. The molecule has 0 unspecified atom stereocenters. The van der Waals surface area contributed by atoms with Gasteiger partial charge in [-0.05, 0) is 44.9 Å². The summed E-state index contributed by atoms with van der Waals surface area (Å²) >= 11 is 0. The molecule has 0 aliphatic heterocycles. The average molecular weight is 690 g/mol. The van der Waals surface area contributed by atoms with Crippen LogP contribution < -0.4 is 35.3 Å². The Morgan fingerprint density at radius 2 is 1.16 bits per heavy atom. The molecule has 0 N–H and O–H groups in total. The zero-order chi connectivity index (χ0) is 28.2. The van der Waals surface area contributed by atoms with Gasteiger partial charge in [-0.2, -0.15) is 0 Å². The van der Waals surface area contributed by atoms with Crippen molar-refractivity contribution in [2.45, 2.75) is 44.9 Å². The Hall–Kier alpha value is -2.96. The van der Waals surface area contributed by atoms with E-state index < -0.39 is 0 Å². The van der Waals surface area contributed by atoms with Crippen LogP contribution in [-0.2, 0) is 37.0 Å². The molecule has 217 valence electrons. The molecule has 2 aliphatic rings. The summed E-state index contributed by atoms with van der Waals surface area (Å²) in [5.41, 5.74) is 7.52. The fourth-order valence-electron chi connectivity index (χ4n) is 7.40. The van der Waals surface area contributed by atoms with Crippen molar-refractivity contribution in [3.05, 3.63) is 171 Å². The molecule has 0 aromatic heterocycles. The van der Waals surface area contributed by atoms with Crippen molar-refractivity contribution < 1.29 is 51.0 Å². The molecular weight excluding hydrogens is 655 g/mol. The predicted molar refractivity (Wildman–Crippen MR) is 174 cm³/mol. The van der Waals surface area contributed by atoms with Crippen molar-refractivity contribution in [2.75, 3.05) is 0 Å². The Morgan fingerprint density at radius 3 is 1.73 bits per heavy atom. The fourth-order valence-corrected chi connectivity index (χ4v) is 7.40. The van der Waals surface area contributed by atoms with E-state index in [0.717, 1.165) is 6.42 Å². The quantitative estimate of drug-likeness (QED) is 0.245. The number of hydrogen-bond acceptors (Lipinski definition) is 0. The molecule has 3 heteroatoms. The molecule has 0 saturated carbocycles. The maximum absolute atomic E-state index is 3.87. The van der Waals surface area contributed by atoms with Crippen LogP contribution >= 0.6 is 0 Å². The second-order valence-corrected chi connectivity index (χ2v) is 12.4. The predicted octanol–water partition coefficient (Wildman–Crippen LogP) is 2.60. The van der Waals surface area contributed by atoms with Gasteiger partial charge in [-0.15, -0.1) is 33.4 Å². The molecule has 0 nitrogen and oxygen atoms in total. The van der Waals surface area contributed by atoms with E-state index in [-0.39, 0.29) is 61.8 Å². The van der Waals surface area contributed by atoms with Gasteiger partial charge >= 0.3 is 26.2 Å². The average Bonchev–Trinajstić information content (AvgIpc) is 3.67. The van der Waals surface area contributed by atoms with Gasteiger partial charge in [0.05, 0.1) is 0 Å². The normalized spacial score (nSPS) is 13.0. The van der Waals surface area contributed by atoms with Gasteiger partial charge in [0.25, 0.3) is 0 Å². The second-order valence-electron chi connectivity index (χ2n) is 12.4. The van der Waals surface area contributed by atoms with E-state index in [1.807, 2.05) is 0 Å². The van der Waals surface area contributed by atoms with E-state index in [2.05, 4.69) is 161 Å². The standard InChI is InChI=1S/C41H35.2ClH.Zr/c1-40(2,30-20-7-5-8-21-30)39(41(3,4)31-22-9-6-10-23-31)38-36(28-17-11-12-18-28)34-26-16-15-25-33(34)35-27-29-19-13-14-24-32(29)37(35)38;;;/h5-17,19-26H,18H2,1-4H3;2*1H;/q-1;;;+3/p-2. The maximum atomic E-state index is 3.87. The Bertz CT molecular complexity index is 2050. The third-order valence-electron chi connectivity index (χ3n) is 9.26. The molecule has 44 heavy (non-hydrogen) atoms. The summed E-state index contributed by atoms with van der Waals surface area (Å²) in [5.74, 6) is 0. The zero-order valence-corrected chi connectivity index (χ0v) is 29.6. The largest absolute Gasteiger partial charge is 3.00 e. The molecule has 0 spiro atoms. The minimum atomic E-state index is -0.268. The Balaban J connectivity index is 0.00000147. The van der Waals surface area contributed by atoms with Gasteiger partial charge in [0.2, 0.25) is 0 Å². The van der Waals surface area contributed by atoms with Crippen molar-refractivity contribution in [3.63, 3.8) is 0 Å². The van der Waals surface area contributed by atoms with Crippen LogP contribution in [0.25, 0.3) is 28.0 Å². The molecule has 7 rings (SSSR count). The smallest absolute Gasteiger partial charge is 1.00 e. The van der Waals surface area contributed by atoms with Crippen molar-refractivity contribution in [1.29, 1.82) is 0 Å². The van der Waals surface area contributed by atoms with E-state index in [1.165, 1.54) is 65.0 Å². The van der Waals surface area contributed by atoms with Crippen LogP contribution in [0.15, 0.2) is 127 Å². The Kier molecular flexibility index (Phi) is 10.2. The molecule has 0 fully saturated rings. The fraction of sp³-hybridized carbons (Fsp3) is 0.171. The van der Waals surface area contributed by atoms with Gasteiger partial charge in [0.1, 0.15) is 0 Å². The van der Waals surface area contributed by atoms with Crippen LogP contribution in [0.3, 0.4) is 0 Å². The number of hydrogen-bond donors (Lipinski definition) is 0. The first kappa shape index (κ1) is 33.9. The first-order valence-electron chi connectivity index (χ1n) is 14.7. The number of rotatable bonds is 5. The van der Waals surface area contributed by atoms with E-state index in [0.29, 0.717) is 0 Å².